The number of aryl methyl sites for hydroxylation is 2. The van der Waals surface area contributed by atoms with Crippen molar-refractivity contribution in [1.29, 1.82) is 0 Å². The Morgan fingerprint density at radius 3 is 2.17 bits per heavy atom. The number of anilines is 1. The van der Waals surface area contributed by atoms with E-state index in [9.17, 15) is 0 Å². The summed E-state index contributed by atoms with van der Waals surface area (Å²) in [7, 11) is 4.95. The Morgan fingerprint density at radius 1 is 0.886 bits per heavy atom. The summed E-state index contributed by atoms with van der Waals surface area (Å²) in [6.45, 7) is 5.31. The molecule has 0 bridgehead atoms. The van der Waals surface area contributed by atoms with Crippen LogP contribution in [0.25, 0.3) is 0 Å². The van der Waals surface area contributed by atoms with Crippen LogP contribution in [0.2, 0.25) is 0 Å². The zero-order valence-corrected chi connectivity index (χ0v) is 21.7. The van der Waals surface area contributed by atoms with Crippen molar-refractivity contribution in [3.63, 3.8) is 0 Å². The van der Waals surface area contributed by atoms with E-state index in [-0.39, 0.29) is 6.04 Å². The SMILES string of the molecule is COc1cc2c(cc1OC)C(COc1ccccc1OC)N(C(=S)Nc1cc(C)cc(C)c1)CC2. The molecule has 0 saturated carbocycles. The van der Waals surface area contributed by atoms with Gasteiger partial charge in [-0.3, -0.25) is 0 Å². The topological polar surface area (TPSA) is 52.2 Å². The van der Waals surface area contributed by atoms with Crippen molar-refractivity contribution in [1.82, 2.24) is 4.90 Å². The van der Waals surface area contributed by atoms with Crippen LogP contribution in [-0.4, -0.2) is 44.5 Å². The molecule has 0 fully saturated rings. The molecule has 1 aliphatic rings. The quantitative estimate of drug-likeness (QED) is 0.424. The number of fused-ring (bicyclic) bond motifs is 1. The predicted octanol–water partition coefficient (Wildman–Crippen LogP) is 5.70. The first kappa shape index (κ1) is 24.7. The molecule has 0 saturated heterocycles. The summed E-state index contributed by atoms with van der Waals surface area (Å²) in [5, 5.41) is 4.10. The van der Waals surface area contributed by atoms with Crippen LogP contribution in [0, 0.1) is 13.8 Å². The highest BCUT2D eigenvalue weighted by Crippen LogP contribution is 2.39. The third-order valence-corrected chi connectivity index (χ3v) is 6.54. The first-order valence-electron chi connectivity index (χ1n) is 11.6. The molecule has 0 aliphatic carbocycles. The molecule has 1 heterocycles. The lowest BCUT2D eigenvalue weighted by atomic mass is 9.92. The fraction of sp³-hybridized carbons (Fsp3) is 0.321. The summed E-state index contributed by atoms with van der Waals surface area (Å²) >= 11 is 5.92. The average molecular weight is 493 g/mol. The normalized spacial score (nSPS) is 14.7. The molecule has 1 N–H and O–H groups in total. The molecule has 0 radical (unpaired) electrons. The van der Waals surface area contributed by atoms with Crippen molar-refractivity contribution in [2.24, 2.45) is 0 Å². The molecule has 0 spiro atoms. The highest BCUT2D eigenvalue weighted by molar-refractivity contribution is 7.80. The molecule has 6 nitrogen and oxygen atoms in total. The number of para-hydroxylation sites is 2. The lowest BCUT2D eigenvalue weighted by Crippen LogP contribution is -2.44. The second-order valence-corrected chi connectivity index (χ2v) is 9.02. The van der Waals surface area contributed by atoms with Gasteiger partial charge in [-0.25, -0.2) is 0 Å². The second kappa shape index (κ2) is 10.9. The molecule has 35 heavy (non-hydrogen) atoms. The van der Waals surface area contributed by atoms with Crippen molar-refractivity contribution in [2.75, 3.05) is 39.8 Å². The van der Waals surface area contributed by atoms with Crippen molar-refractivity contribution in [3.05, 3.63) is 76.9 Å². The van der Waals surface area contributed by atoms with Crippen LogP contribution < -0.4 is 24.3 Å². The molecule has 7 heteroatoms. The van der Waals surface area contributed by atoms with Crippen LogP contribution in [0.15, 0.2) is 54.6 Å². The van der Waals surface area contributed by atoms with Gasteiger partial charge in [0.2, 0.25) is 0 Å². The number of methoxy groups -OCH3 is 3. The van der Waals surface area contributed by atoms with Crippen LogP contribution in [0.4, 0.5) is 5.69 Å². The molecule has 1 unspecified atom stereocenters. The Balaban J connectivity index is 1.67. The molecular weight excluding hydrogens is 460 g/mol. The molecule has 184 valence electrons. The van der Waals surface area contributed by atoms with Crippen LogP contribution >= 0.6 is 12.2 Å². The summed E-state index contributed by atoms with van der Waals surface area (Å²) in [4.78, 5) is 2.19. The van der Waals surface area contributed by atoms with Crippen molar-refractivity contribution in [2.45, 2.75) is 26.3 Å². The lowest BCUT2D eigenvalue weighted by molar-refractivity contribution is 0.185. The largest absolute Gasteiger partial charge is 0.493 e. The number of nitrogens with one attached hydrogen (secondary N) is 1. The maximum atomic E-state index is 6.30. The van der Waals surface area contributed by atoms with E-state index in [0.29, 0.717) is 29.0 Å². The van der Waals surface area contributed by atoms with Gasteiger partial charge < -0.3 is 29.2 Å². The monoisotopic (exact) mass is 492 g/mol. The molecule has 3 aromatic rings. The van der Waals surface area contributed by atoms with Gasteiger partial charge in [0.25, 0.3) is 0 Å². The molecule has 1 aliphatic heterocycles. The van der Waals surface area contributed by atoms with Gasteiger partial charge in [-0.15, -0.1) is 0 Å². The van der Waals surface area contributed by atoms with E-state index >= 15 is 0 Å². The fourth-order valence-electron chi connectivity index (χ4n) is 4.60. The van der Waals surface area contributed by atoms with Gasteiger partial charge in [-0.05, 0) is 91.1 Å². The molecule has 4 rings (SSSR count). The summed E-state index contributed by atoms with van der Waals surface area (Å²) in [6.07, 6.45) is 0.829. The van der Waals surface area contributed by atoms with Crippen LogP contribution in [0.1, 0.15) is 28.3 Å². The number of nitrogens with zero attached hydrogens (tertiary/aromatic N) is 1. The van der Waals surface area contributed by atoms with E-state index in [1.165, 1.54) is 16.7 Å². The van der Waals surface area contributed by atoms with Crippen LogP contribution in [0.3, 0.4) is 0 Å². The Bertz CT molecular complexity index is 1190. The standard InChI is InChI=1S/C28H32N2O4S/c1-18-12-19(2)14-21(13-18)29-28(35)30-11-10-20-15-26(32-4)27(33-5)16-22(20)23(30)17-34-25-9-7-6-8-24(25)31-3/h6-9,12-16,23H,10-11,17H2,1-5H3,(H,29,35). The number of hydrogen-bond acceptors (Lipinski definition) is 5. The van der Waals surface area contributed by atoms with Crippen molar-refractivity contribution < 1.29 is 18.9 Å². The Morgan fingerprint density at radius 2 is 1.51 bits per heavy atom. The first-order valence-corrected chi connectivity index (χ1v) is 12.0. The predicted molar refractivity (Wildman–Crippen MR) is 143 cm³/mol. The van der Waals surface area contributed by atoms with E-state index in [4.69, 9.17) is 31.2 Å². The molecule has 1 atom stereocenters. The average Bonchev–Trinajstić information content (AvgIpc) is 2.85. The van der Waals surface area contributed by atoms with Gasteiger partial charge in [0, 0.05) is 12.2 Å². The minimum absolute atomic E-state index is 0.130. The number of benzene rings is 3. The smallest absolute Gasteiger partial charge is 0.174 e. The zero-order valence-electron chi connectivity index (χ0n) is 20.9. The van der Waals surface area contributed by atoms with Gasteiger partial charge in [-0.2, -0.15) is 0 Å². The van der Waals surface area contributed by atoms with Gasteiger partial charge in [0.1, 0.15) is 6.61 Å². The number of ether oxygens (including phenoxy) is 4. The molecule has 0 aromatic heterocycles. The van der Waals surface area contributed by atoms with Crippen molar-refractivity contribution >= 4 is 23.0 Å². The summed E-state index contributed by atoms with van der Waals surface area (Å²) < 4.78 is 22.9. The van der Waals surface area contributed by atoms with E-state index in [1.54, 1.807) is 21.3 Å². The van der Waals surface area contributed by atoms with E-state index in [2.05, 4.69) is 48.3 Å². The number of thiocarbonyl (C=S) groups is 1. The summed E-state index contributed by atoms with van der Waals surface area (Å²) in [5.41, 5.74) is 5.66. The maximum absolute atomic E-state index is 6.30. The van der Waals surface area contributed by atoms with Gasteiger partial charge in [0.15, 0.2) is 28.1 Å². The molecule has 3 aromatic carbocycles. The Kier molecular flexibility index (Phi) is 7.66. The second-order valence-electron chi connectivity index (χ2n) is 8.63. The van der Waals surface area contributed by atoms with E-state index in [0.717, 1.165) is 30.0 Å². The highest BCUT2D eigenvalue weighted by Gasteiger charge is 2.31. The zero-order chi connectivity index (χ0) is 24.9. The summed E-state index contributed by atoms with van der Waals surface area (Å²) in [6, 6.07) is 18.0. The van der Waals surface area contributed by atoms with E-state index < -0.39 is 0 Å². The van der Waals surface area contributed by atoms with Gasteiger partial charge >= 0.3 is 0 Å². The number of rotatable bonds is 7. The third kappa shape index (κ3) is 5.46. The molecule has 0 amide bonds. The minimum Gasteiger partial charge on any atom is -0.493 e. The lowest BCUT2D eigenvalue weighted by Gasteiger charge is -2.39. The first-order chi connectivity index (χ1) is 16.9. The summed E-state index contributed by atoms with van der Waals surface area (Å²) in [5.74, 6) is 2.79. The third-order valence-electron chi connectivity index (χ3n) is 6.20. The van der Waals surface area contributed by atoms with Gasteiger partial charge in [-0.1, -0.05) is 18.2 Å². The highest BCUT2D eigenvalue weighted by atomic mass is 32.1. The van der Waals surface area contributed by atoms with E-state index in [1.807, 2.05) is 30.3 Å². The van der Waals surface area contributed by atoms with Crippen molar-refractivity contribution in [3.8, 4) is 23.0 Å². The van der Waals surface area contributed by atoms with Crippen LogP contribution in [0.5, 0.6) is 23.0 Å². The van der Waals surface area contributed by atoms with Gasteiger partial charge in [0.05, 0.1) is 27.4 Å². The number of hydrogen-bond donors (Lipinski definition) is 1. The van der Waals surface area contributed by atoms with Crippen LogP contribution in [-0.2, 0) is 6.42 Å². The molecular formula is C28H32N2O4S. The fourth-order valence-corrected chi connectivity index (χ4v) is 4.94. The maximum Gasteiger partial charge on any atom is 0.174 e. The Labute approximate surface area is 212 Å². The Hall–Kier alpha value is -3.45. The minimum atomic E-state index is -0.130.